The van der Waals surface area contributed by atoms with Crippen molar-refractivity contribution in [1.82, 2.24) is 5.32 Å². The van der Waals surface area contributed by atoms with Crippen LogP contribution in [-0.2, 0) is 9.53 Å². The fraction of sp³-hybridized carbons (Fsp3) is 0.909. The molecule has 0 aliphatic carbocycles. The molecular formula is C11H22N2O2. The fourth-order valence-corrected chi connectivity index (χ4v) is 1.82. The number of amides is 1. The molecule has 4 heteroatoms. The van der Waals surface area contributed by atoms with Crippen molar-refractivity contribution in [2.45, 2.75) is 51.2 Å². The van der Waals surface area contributed by atoms with E-state index in [-0.39, 0.29) is 17.6 Å². The molecule has 2 unspecified atom stereocenters. The molecule has 0 bridgehead atoms. The van der Waals surface area contributed by atoms with Gasteiger partial charge < -0.3 is 15.8 Å². The predicted molar refractivity (Wildman–Crippen MR) is 59.5 cm³/mol. The Morgan fingerprint density at radius 2 is 2.40 bits per heavy atom. The molecule has 4 nitrogen and oxygen atoms in total. The van der Waals surface area contributed by atoms with Crippen LogP contribution in [0.4, 0.5) is 0 Å². The molecule has 0 spiro atoms. The van der Waals surface area contributed by atoms with Crippen LogP contribution in [0.25, 0.3) is 0 Å². The maximum atomic E-state index is 11.5. The molecule has 1 aliphatic rings. The quantitative estimate of drug-likeness (QED) is 0.711. The van der Waals surface area contributed by atoms with Crippen LogP contribution in [0, 0.1) is 0 Å². The van der Waals surface area contributed by atoms with Crippen LogP contribution in [0.2, 0.25) is 0 Å². The summed E-state index contributed by atoms with van der Waals surface area (Å²) in [7, 11) is 0. The lowest BCUT2D eigenvalue weighted by Gasteiger charge is -2.24. The van der Waals surface area contributed by atoms with E-state index in [1.54, 1.807) is 0 Å². The Labute approximate surface area is 91.5 Å². The fourth-order valence-electron chi connectivity index (χ4n) is 1.82. The molecule has 0 aromatic heterocycles. The smallest absolute Gasteiger partial charge is 0.237 e. The molecule has 1 heterocycles. The molecule has 1 fully saturated rings. The third-order valence-corrected chi connectivity index (χ3v) is 2.87. The highest BCUT2D eigenvalue weighted by atomic mass is 16.5. The molecule has 1 saturated heterocycles. The third kappa shape index (κ3) is 3.80. The molecule has 0 radical (unpaired) electrons. The van der Waals surface area contributed by atoms with Gasteiger partial charge in [0.05, 0.1) is 11.6 Å². The van der Waals surface area contributed by atoms with Crippen LogP contribution < -0.4 is 11.1 Å². The molecule has 1 rings (SSSR count). The van der Waals surface area contributed by atoms with E-state index in [4.69, 9.17) is 10.5 Å². The van der Waals surface area contributed by atoms with Crippen LogP contribution >= 0.6 is 0 Å². The zero-order valence-corrected chi connectivity index (χ0v) is 9.71. The van der Waals surface area contributed by atoms with Gasteiger partial charge in [-0.1, -0.05) is 13.3 Å². The first-order valence-electron chi connectivity index (χ1n) is 5.74. The average molecular weight is 214 g/mol. The van der Waals surface area contributed by atoms with Crippen molar-refractivity contribution in [1.29, 1.82) is 0 Å². The van der Waals surface area contributed by atoms with Crippen molar-refractivity contribution in [3.8, 4) is 0 Å². The van der Waals surface area contributed by atoms with E-state index in [1.807, 2.05) is 13.8 Å². The van der Waals surface area contributed by atoms with Gasteiger partial charge in [0.2, 0.25) is 5.91 Å². The van der Waals surface area contributed by atoms with Crippen molar-refractivity contribution < 1.29 is 9.53 Å². The number of hydrogen-bond acceptors (Lipinski definition) is 3. The minimum Gasteiger partial charge on any atom is -0.373 e. The summed E-state index contributed by atoms with van der Waals surface area (Å²) >= 11 is 0. The molecule has 1 aliphatic heterocycles. The standard InChI is InChI=1S/C11H22N2O2/c1-3-5-9(12)10(14)13-8-11(2)6-4-7-15-11/h9H,3-8,12H2,1-2H3,(H,13,14). The lowest BCUT2D eigenvalue weighted by molar-refractivity contribution is -0.123. The summed E-state index contributed by atoms with van der Waals surface area (Å²) in [6, 6.07) is -0.375. The van der Waals surface area contributed by atoms with Gasteiger partial charge in [-0.15, -0.1) is 0 Å². The highest BCUT2D eigenvalue weighted by Gasteiger charge is 2.30. The van der Waals surface area contributed by atoms with E-state index in [0.717, 1.165) is 32.3 Å². The first-order valence-corrected chi connectivity index (χ1v) is 5.74. The average Bonchev–Trinajstić information content (AvgIpc) is 2.63. The summed E-state index contributed by atoms with van der Waals surface area (Å²) < 4.78 is 5.58. The van der Waals surface area contributed by atoms with Gasteiger partial charge in [-0.2, -0.15) is 0 Å². The molecule has 15 heavy (non-hydrogen) atoms. The first kappa shape index (κ1) is 12.5. The van der Waals surface area contributed by atoms with Gasteiger partial charge in [0.25, 0.3) is 0 Å². The molecule has 88 valence electrons. The lowest BCUT2D eigenvalue weighted by atomic mass is 10.0. The minimum atomic E-state index is -0.375. The molecule has 0 aromatic rings. The zero-order chi connectivity index (χ0) is 11.3. The van der Waals surface area contributed by atoms with Gasteiger partial charge in [0.15, 0.2) is 0 Å². The SMILES string of the molecule is CCCC(N)C(=O)NCC1(C)CCCO1. The third-order valence-electron chi connectivity index (χ3n) is 2.87. The van der Waals surface area contributed by atoms with Crippen molar-refractivity contribution in [3.05, 3.63) is 0 Å². The summed E-state index contributed by atoms with van der Waals surface area (Å²) in [4.78, 5) is 11.5. The lowest BCUT2D eigenvalue weighted by Crippen LogP contribution is -2.46. The summed E-state index contributed by atoms with van der Waals surface area (Å²) in [5.74, 6) is -0.0615. The van der Waals surface area contributed by atoms with Gasteiger partial charge in [0, 0.05) is 13.2 Å². The number of rotatable bonds is 5. The molecule has 0 aromatic carbocycles. The maximum absolute atomic E-state index is 11.5. The maximum Gasteiger partial charge on any atom is 0.237 e. The van der Waals surface area contributed by atoms with E-state index < -0.39 is 0 Å². The van der Waals surface area contributed by atoms with E-state index in [9.17, 15) is 4.79 Å². The van der Waals surface area contributed by atoms with Crippen molar-refractivity contribution in [2.75, 3.05) is 13.2 Å². The number of carbonyl (C=O) groups excluding carboxylic acids is 1. The van der Waals surface area contributed by atoms with Crippen molar-refractivity contribution in [2.24, 2.45) is 5.73 Å². The van der Waals surface area contributed by atoms with Crippen LogP contribution in [0.5, 0.6) is 0 Å². The van der Waals surface area contributed by atoms with Crippen LogP contribution in [0.15, 0.2) is 0 Å². The number of hydrogen-bond donors (Lipinski definition) is 2. The Balaban J connectivity index is 2.26. The summed E-state index contributed by atoms with van der Waals surface area (Å²) in [6.45, 7) is 5.43. The minimum absolute atomic E-state index is 0.0615. The normalized spacial score (nSPS) is 27.7. The van der Waals surface area contributed by atoms with Crippen LogP contribution in [0.1, 0.15) is 39.5 Å². The van der Waals surface area contributed by atoms with E-state index in [0.29, 0.717) is 6.54 Å². The monoisotopic (exact) mass is 214 g/mol. The zero-order valence-electron chi connectivity index (χ0n) is 9.71. The van der Waals surface area contributed by atoms with Gasteiger partial charge in [-0.05, 0) is 26.2 Å². The Bertz CT molecular complexity index is 213. The summed E-state index contributed by atoms with van der Waals surface area (Å²) in [5.41, 5.74) is 5.52. The highest BCUT2D eigenvalue weighted by Crippen LogP contribution is 2.23. The number of nitrogens with two attached hydrogens (primary N) is 1. The Morgan fingerprint density at radius 3 is 2.93 bits per heavy atom. The number of ether oxygens (including phenoxy) is 1. The highest BCUT2D eigenvalue weighted by molar-refractivity contribution is 5.81. The van der Waals surface area contributed by atoms with Crippen LogP contribution in [-0.4, -0.2) is 30.7 Å². The molecular weight excluding hydrogens is 192 g/mol. The Hall–Kier alpha value is -0.610. The van der Waals surface area contributed by atoms with E-state index >= 15 is 0 Å². The molecule has 1 amide bonds. The van der Waals surface area contributed by atoms with Gasteiger partial charge >= 0.3 is 0 Å². The predicted octanol–water partition coefficient (Wildman–Crippen LogP) is 0.799. The largest absolute Gasteiger partial charge is 0.373 e. The van der Waals surface area contributed by atoms with Crippen molar-refractivity contribution >= 4 is 5.91 Å². The number of carbonyl (C=O) groups is 1. The number of nitrogens with one attached hydrogen (secondary N) is 1. The second kappa shape index (κ2) is 5.47. The molecule has 0 saturated carbocycles. The van der Waals surface area contributed by atoms with Gasteiger partial charge in [-0.25, -0.2) is 0 Å². The molecule has 3 N–H and O–H groups in total. The topological polar surface area (TPSA) is 64.4 Å². The summed E-state index contributed by atoms with van der Waals surface area (Å²) in [5, 5.41) is 2.86. The first-order chi connectivity index (χ1) is 7.07. The second-order valence-corrected chi connectivity index (χ2v) is 4.51. The van der Waals surface area contributed by atoms with E-state index in [1.165, 1.54) is 0 Å². The van der Waals surface area contributed by atoms with Crippen LogP contribution in [0.3, 0.4) is 0 Å². The Kier molecular flexibility index (Phi) is 4.54. The second-order valence-electron chi connectivity index (χ2n) is 4.51. The Morgan fingerprint density at radius 1 is 1.67 bits per heavy atom. The molecule has 2 atom stereocenters. The summed E-state index contributed by atoms with van der Waals surface area (Å²) in [6.07, 6.45) is 3.76. The van der Waals surface area contributed by atoms with Gasteiger partial charge in [-0.3, -0.25) is 4.79 Å². The van der Waals surface area contributed by atoms with Gasteiger partial charge in [0.1, 0.15) is 0 Å². The van der Waals surface area contributed by atoms with Crippen molar-refractivity contribution in [3.63, 3.8) is 0 Å². The van der Waals surface area contributed by atoms with E-state index in [2.05, 4.69) is 5.32 Å².